The third-order valence-corrected chi connectivity index (χ3v) is 5.50. The van der Waals surface area contributed by atoms with E-state index >= 15 is 0 Å². The molecule has 130 valence electrons. The van der Waals surface area contributed by atoms with Crippen molar-refractivity contribution in [3.8, 4) is 0 Å². The van der Waals surface area contributed by atoms with Crippen molar-refractivity contribution < 1.29 is 4.79 Å². The van der Waals surface area contributed by atoms with Gasteiger partial charge in [-0.15, -0.1) is 11.8 Å². The molecule has 2 heterocycles. The van der Waals surface area contributed by atoms with Crippen molar-refractivity contribution in [3.05, 3.63) is 69.1 Å². The third kappa shape index (κ3) is 3.83. The molecule has 1 amide bonds. The first-order chi connectivity index (χ1) is 12.0. The minimum atomic E-state index is -0.318. The van der Waals surface area contributed by atoms with E-state index in [2.05, 4.69) is 11.1 Å². The molecule has 1 aliphatic rings. The quantitative estimate of drug-likeness (QED) is 0.828. The molecule has 1 fully saturated rings. The number of hydrogen-bond donors (Lipinski definition) is 1. The molecule has 0 radical (unpaired) electrons. The van der Waals surface area contributed by atoms with Gasteiger partial charge in [-0.2, -0.15) is 0 Å². The first kappa shape index (κ1) is 17.8. The van der Waals surface area contributed by atoms with Crippen LogP contribution in [0.3, 0.4) is 0 Å². The zero-order valence-corrected chi connectivity index (χ0v) is 15.7. The standard InChI is InChI=1S/C19H19ClN2O2S/c1-22-13(5-10-18(22)23)11-15(12-3-6-14(25-2)7-4-12)17-9-8-16(20)19(24)21-17/h3-4,6-9,11,13H,5,10H2,1-2H3,(H,21,24)/t13-/m1/s1. The summed E-state index contributed by atoms with van der Waals surface area (Å²) in [6.45, 7) is 0. The second kappa shape index (κ2) is 7.50. The van der Waals surface area contributed by atoms with Gasteiger partial charge in [0, 0.05) is 29.6 Å². The van der Waals surface area contributed by atoms with Crippen LogP contribution in [0.1, 0.15) is 24.1 Å². The summed E-state index contributed by atoms with van der Waals surface area (Å²) in [5, 5.41) is 0.161. The van der Waals surface area contributed by atoms with Gasteiger partial charge in [-0.1, -0.05) is 29.8 Å². The molecule has 0 spiro atoms. The van der Waals surface area contributed by atoms with Gasteiger partial charge in [0.05, 0.1) is 6.04 Å². The lowest BCUT2D eigenvalue weighted by molar-refractivity contribution is -0.127. The maximum absolute atomic E-state index is 11.9. The monoisotopic (exact) mass is 374 g/mol. The summed E-state index contributed by atoms with van der Waals surface area (Å²) in [6.07, 6.45) is 5.41. The van der Waals surface area contributed by atoms with E-state index in [0.717, 1.165) is 17.6 Å². The fraction of sp³-hybridized carbons (Fsp3) is 0.263. The highest BCUT2D eigenvalue weighted by Gasteiger charge is 2.26. The largest absolute Gasteiger partial charge is 0.339 e. The number of nitrogens with one attached hydrogen (secondary N) is 1. The number of likely N-dealkylation sites (N-methyl/N-ethyl adjacent to an activating group) is 1. The molecule has 1 atom stereocenters. The Morgan fingerprint density at radius 2 is 1.96 bits per heavy atom. The van der Waals surface area contributed by atoms with Gasteiger partial charge in [-0.05, 0) is 42.5 Å². The molecule has 0 bridgehead atoms. The molecule has 25 heavy (non-hydrogen) atoms. The number of carbonyl (C=O) groups excluding carboxylic acids is 1. The summed E-state index contributed by atoms with van der Waals surface area (Å²) in [4.78, 5) is 29.5. The summed E-state index contributed by atoms with van der Waals surface area (Å²) in [7, 11) is 1.82. The molecule has 1 saturated heterocycles. The normalized spacial score (nSPS) is 18.0. The minimum Gasteiger partial charge on any atom is -0.339 e. The van der Waals surface area contributed by atoms with Gasteiger partial charge in [0.15, 0.2) is 0 Å². The van der Waals surface area contributed by atoms with Crippen molar-refractivity contribution in [2.24, 2.45) is 0 Å². The Bertz CT molecular complexity index is 874. The Morgan fingerprint density at radius 3 is 2.52 bits per heavy atom. The van der Waals surface area contributed by atoms with Crippen molar-refractivity contribution in [3.63, 3.8) is 0 Å². The smallest absolute Gasteiger partial charge is 0.267 e. The summed E-state index contributed by atoms with van der Waals surface area (Å²) >= 11 is 7.54. The third-order valence-electron chi connectivity index (χ3n) is 4.46. The van der Waals surface area contributed by atoms with E-state index in [1.807, 2.05) is 37.6 Å². The molecule has 2 aromatic rings. The van der Waals surface area contributed by atoms with Crippen LogP contribution in [-0.4, -0.2) is 35.1 Å². The molecule has 0 saturated carbocycles. The van der Waals surface area contributed by atoms with Gasteiger partial charge in [0.1, 0.15) is 5.02 Å². The molecule has 0 unspecified atom stereocenters. The van der Waals surface area contributed by atoms with Gasteiger partial charge in [-0.25, -0.2) is 0 Å². The Hall–Kier alpha value is -1.98. The van der Waals surface area contributed by atoms with Crippen LogP contribution >= 0.6 is 23.4 Å². The zero-order chi connectivity index (χ0) is 18.0. The first-order valence-corrected chi connectivity index (χ1v) is 9.61. The van der Waals surface area contributed by atoms with E-state index in [1.54, 1.807) is 28.8 Å². The maximum atomic E-state index is 11.9. The second-order valence-corrected chi connectivity index (χ2v) is 7.26. The SMILES string of the molecule is CSc1ccc(C(=C[C@H]2CCC(=O)N2C)c2ccc(Cl)c(=O)[nH]2)cc1. The number of pyridine rings is 1. The Balaban J connectivity index is 2.08. The molecular formula is C19H19ClN2O2S. The summed E-state index contributed by atoms with van der Waals surface area (Å²) < 4.78 is 0. The predicted molar refractivity (Wildman–Crippen MR) is 103 cm³/mol. The highest BCUT2D eigenvalue weighted by molar-refractivity contribution is 7.98. The molecule has 4 nitrogen and oxygen atoms in total. The number of aromatic amines is 1. The number of carbonyl (C=O) groups is 1. The Labute approximate surface area is 155 Å². The predicted octanol–water partition coefficient (Wildman–Crippen LogP) is 3.80. The number of thioether (sulfide) groups is 1. The van der Waals surface area contributed by atoms with E-state index in [4.69, 9.17) is 11.6 Å². The van der Waals surface area contributed by atoms with E-state index in [9.17, 15) is 9.59 Å². The van der Waals surface area contributed by atoms with E-state index < -0.39 is 0 Å². The number of H-pyrrole nitrogens is 1. The molecule has 1 aromatic heterocycles. The number of hydrogen-bond acceptors (Lipinski definition) is 3. The fourth-order valence-electron chi connectivity index (χ4n) is 2.94. The van der Waals surface area contributed by atoms with Crippen molar-refractivity contribution in [1.82, 2.24) is 9.88 Å². The van der Waals surface area contributed by atoms with Crippen LogP contribution in [0.15, 0.2) is 52.2 Å². The molecule has 6 heteroatoms. The number of nitrogens with zero attached hydrogens (tertiary/aromatic N) is 1. The lowest BCUT2D eigenvalue weighted by Crippen LogP contribution is -2.27. The number of likely N-dealkylation sites (tertiary alicyclic amines) is 1. The number of halogens is 1. The maximum Gasteiger partial charge on any atom is 0.267 e. The summed E-state index contributed by atoms with van der Waals surface area (Å²) in [5.41, 5.74) is 2.26. The number of rotatable bonds is 4. The summed E-state index contributed by atoms with van der Waals surface area (Å²) in [6, 6.07) is 11.6. The highest BCUT2D eigenvalue weighted by Crippen LogP contribution is 2.28. The Kier molecular flexibility index (Phi) is 5.35. The van der Waals surface area contributed by atoms with Crippen LogP contribution in [0.2, 0.25) is 5.02 Å². The van der Waals surface area contributed by atoms with Gasteiger partial charge >= 0.3 is 0 Å². The van der Waals surface area contributed by atoms with Crippen molar-refractivity contribution in [2.45, 2.75) is 23.8 Å². The van der Waals surface area contributed by atoms with E-state index in [0.29, 0.717) is 12.1 Å². The molecule has 3 rings (SSSR count). The molecule has 0 aliphatic carbocycles. The topological polar surface area (TPSA) is 53.2 Å². The number of benzene rings is 1. The van der Waals surface area contributed by atoms with Crippen LogP contribution in [0.4, 0.5) is 0 Å². The van der Waals surface area contributed by atoms with Gasteiger partial charge in [-0.3, -0.25) is 9.59 Å². The average Bonchev–Trinajstić information content (AvgIpc) is 2.94. The van der Waals surface area contributed by atoms with Gasteiger partial charge in [0.25, 0.3) is 5.56 Å². The second-order valence-electron chi connectivity index (χ2n) is 5.97. The van der Waals surface area contributed by atoms with Crippen molar-refractivity contribution >= 4 is 34.8 Å². The lowest BCUT2D eigenvalue weighted by Gasteiger charge is -2.19. The van der Waals surface area contributed by atoms with Gasteiger partial charge < -0.3 is 9.88 Å². The van der Waals surface area contributed by atoms with Crippen molar-refractivity contribution in [1.29, 1.82) is 0 Å². The summed E-state index contributed by atoms with van der Waals surface area (Å²) in [5.74, 6) is 0.142. The van der Waals surface area contributed by atoms with E-state index in [1.165, 1.54) is 4.90 Å². The lowest BCUT2D eigenvalue weighted by atomic mass is 9.99. The van der Waals surface area contributed by atoms with Crippen LogP contribution < -0.4 is 5.56 Å². The fourth-order valence-corrected chi connectivity index (χ4v) is 3.46. The Morgan fingerprint density at radius 1 is 1.24 bits per heavy atom. The highest BCUT2D eigenvalue weighted by atomic mass is 35.5. The van der Waals surface area contributed by atoms with E-state index in [-0.39, 0.29) is 22.5 Å². The van der Waals surface area contributed by atoms with Crippen LogP contribution in [0.5, 0.6) is 0 Å². The molecular weight excluding hydrogens is 356 g/mol. The van der Waals surface area contributed by atoms with Crippen LogP contribution in [0.25, 0.3) is 5.57 Å². The first-order valence-electron chi connectivity index (χ1n) is 8.00. The van der Waals surface area contributed by atoms with Crippen LogP contribution in [-0.2, 0) is 4.79 Å². The molecule has 1 aromatic carbocycles. The molecule has 1 aliphatic heterocycles. The average molecular weight is 375 g/mol. The number of aromatic nitrogens is 1. The minimum absolute atomic E-state index is 0.0157. The number of amides is 1. The van der Waals surface area contributed by atoms with Crippen LogP contribution in [0, 0.1) is 0 Å². The zero-order valence-electron chi connectivity index (χ0n) is 14.1. The molecule has 1 N–H and O–H groups in total. The van der Waals surface area contributed by atoms with Crippen molar-refractivity contribution in [2.75, 3.05) is 13.3 Å². The van der Waals surface area contributed by atoms with Gasteiger partial charge in [0.2, 0.25) is 5.91 Å².